The van der Waals surface area contributed by atoms with Gasteiger partial charge in [0, 0.05) is 11.3 Å². The fraction of sp³-hybridized carbons (Fsp3) is 0. The number of terminal acetylenes is 1. The molecule has 0 saturated carbocycles. The van der Waals surface area contributed by atoms with Crippen LogP contribution in [0.4, 0.5) is 16.2 Å². The van der Waals surface area contributed by atoms with Gasteiger partial charge in [0.05, 0.1) is 11.3 Å². The van der Waals surface area contributed by atoms with Gasteiger partial charge in [0.15, 0.2) is 0 Å². The number of amides is 2. The molecule has 0 bridgehead atoms. The highest BCUT2D eigenvalue weighted by atomic mass is 16.4. The van der Waals surface area contributed by atoms with Crippen molar-refractivity contribution in [2.75, 3.05) is 10.6 Å². The van der Waals surface area contributed by atoms with E-state index in [9.17, 15) is 9.59 Å². The van der Waals surface area contributed by atoms with Gasteiger partial charge in [-0.05, 0) is 30.3 Å². The van der Waals surface area contributed by atoms with E-state index in [1.165, 1.54) is 12.1 Å². The third-order valence-electron chi connectivity index (χ3n) is 2.69. The molecule has 0 fully saturated rings. The molecule has 3 N–H and O–H groups in total. The molecule has 0 aliphatic heterocycles. The maximum atomic E-state index is 11.9. The van der Waals surface area contributed by atoms with E-state index in [0.29, 0.717) is 11.3 Å². The van der Waals surface area contributed by atoms with Crippen LogP contribution in [0, 0.1) is 12.3 Å². The Morgan fingerprint density at radius 2 is 1.81 bits per heavy atom. The van der Waals surface area contributed by atoms with Crippen molar-refractivity contribution in [3.63, 3.8) is 0 Å². The SMILES string of the molecule is C#Cc1cccc(NC(=O)Nc2ccccc2C(=O)O)c1. The van der Waals surface area contributed by atoms with E-state index in [1.807, 2.05) is 0 Å². The van der Waals surface area contributed by atoms with Crippen LogP contribution in [-0.2, 0) is 0 Å². The summed E-state index contributed by atoms with van der Waals surface area (Å²) in [4.78, 5) is 22.9. The van der Waals surface area contributed by atoms with Gasteiger partial charge in [0.1, 0.15) is 0 Å². The number of rotatable bonds is 3. The maximum absolute atomic E-state index is 11.9. The summed E-state index contributed by atoms with van der Waals surface area (Å²) in [5.41, 5.74) is 1.40. The Balaban J connectivity index is 2.12. The number of urea groups is 1. The lowest BCUT2D eigenvalue weighted by Gasteiger charge is -2.10. The zero-order valence-corrected chi connectivity index (χ0v) is 11.0. The zero-order valence-electron chi connectivity index (χ0n) is 11.0. The molecule has 0 radical (unpaired) electrons. The third-order valence-corrected chi connectivity index (χ3v) is 2.69. The van der Waals surface area contributed by atoms with Crippen molar-refractivity contribution in [3.05, 3.63) is 59.7 Å². The van der Waals surface area contributed by atoms with Crippen molar-refractivity contribution >= 4 is 23.4 Å². The van der Waals surface area contributed by atoms with Crippen LogP contribution in [-0.4, -0.2) is 17.1 Å². The van der Waals surface area contributed by atoms with Gasteiger partial charge in [-0.2, -0.15) is 0 Å². The first kappa shape index (κ1) is 14.2. The first-order valence-corrected chi connectivity index (χ1v) is 6.07. The van der Waals surface area contributed by atoms with Crippen molar-refractivity contribution < 1.29 is 14.7 Å². The lowest BCUT2D eigenvalue weighted by atomic mass is 10.2. The number of hydrogen-bond donors (Lipinski definition) is 3. The molecule has 2 rings (SSSR count). The Morgan fingerprint density at radius 3 is 2.52 bits per heavy atom. The van der Waals surface area contributed by atoms with Crippen molar-refractivity contribution in [2.45, 2.75) is 0 Å². The fourth-order valence-electron chi connectivity index (χ4n) is 1.75. The quantitative estimate of drug-likeness (QED) is 0.756. The minimum absolute atomic E-state index is 0.0185. The molecule has 104 valence electrons. The van der Waals surface area contributed by atoms with Gasteiger partial charge in [0.2, 0.25) is 0 Å². The number of carbonyl (C=O) groups is 2. The third kappa shape index (κ3) is 3.61. The highest BCUT2D eigenvalue weighted by molar-refractivity contribution is 6.04. The average molecular weight is 280 g/mol. The normalized spacial score (nSPS) is 9.48. The van der Waals surface area contributed by atoms with Crippen LogP contribution >= 0.6 is 0 Å². The second kappa shape index (κ2) is 6.26. The Labute approximate surface area is 121 Å². The first-order chi connectivity index (χ1) is 10.1. The average Bonchev–Trinajstić information content (AvgIpc) is 2.47. The van der Waals surface area contributed by atoms with E-state index in [0.717, 1.165) is 0 Å². The summed E-state index contributed by atoms with van der Waals surface area (Å²) in [5.74, 6) is 1.35. The van der Waals surface area contributed by atoms with E-state index in [-0.39, 0.29) is 11.3 Å². The summed E-state index contributed by atoms with van der Waals surface area (Å²) in [6.07, 6.45) is 5.28. The standard InChI is InChI=1S/C16H12N2O3/c1-2-11-6-5-7-12(10-11)17-16(21)18-14-9-4-3-8-13(14)15(19)20/h1,3-10H,(H,19,20)(H2,17,18,21). The molecule has 0 aromatic heterocycles. The summed E-state index contributed by atoms with van der Waals surface area (Å²) in [7, 11) is 0. The molecule has 0 heterocycles. The predicted octanol–water partition coefficient (Wildman–Crippen LogP) is 3.01. The summed E-state index contributed by atoms with van der Waals surface area (Å²) in [6.45, 7) is 0. The summed E-state index contributed by atoms with van der Waals surface area (Å²) < 4.78 is 0. The molecule has 2 amide bonds. The van der Waals surface area contributed by atoms with Crippen LogP contribution in [0.25, 0.3) is 0 Å². The van der Waals surface area contributed by atoms with Crippen LogP contribution in [0.2, 0.25) is 0 Å². The number of nitrogens with one attached hydrogen (secondary N) is 2. The minimum Gasteiger partial charge on any atom is -0.478 e. The zero-order chi connectivity index (χ0) is 15.2. The van der Waals surface area contributed by atoms with E-state index in [1.54, 1.807) is 36.4 Å². The molecular weight excluding hydrogens is 268 g/mol. The van der Waals surface area contributed by atoms with E-state index >= 15 is 0 Å². The maximum Gasteiger partial charge on any atom is 0.337 e. The van der Waals surface area contributed by atoms with Crippen LogP contribution in [0.3, 0.4) is 0 Å². The van der Waals surface area contributed by atoms with Gasteiger partial charge in [-0.3, -0.25) is 0 Å². The first-order valence-electron chi connectivity index (χ1n) is 6.07. The number of carbonyl (C=O) groups excluding carboxylic acids is 1. The molecular formula is C16H12N2O3. The Kier molecular flexibility index (Phi) is 4.22. The molecule has 0 aliphatic carbocycles. The number of aromatic carboxylic acids is 1. The Morgan fingerprint density at radius 1 is 1.05 bits per heavy atom. The van der Waals surface area contributed by atoms with Crippen molar-refractivity contribution in [3.8, 4) is 12.3 Å². The molecule has 5 nitrogen and oxygen atoms in total. The summed E-state index contributed by atoms with van der Waals surface area (Å²) in [6, 6.07) is 12.4. The molecule has 0 unspecified atom stereocenters. The molecule has 0 atom stereocenters. The van der Waals surface area contributed by atoms with Crippen LogP contribution in [0.5, 0.6) is 0 Å². The summed E-state index contributed by atoms with van der Waals surface area (Å²) >= 11 is 0. The van der Waals surface area contributed by atoms with Gasteiger partial charge in [0.25, 0.3) is 0 Å². The number of anilines is 2. The minimum atomic E-state index is -1.11. The topological polar surface area (TPSA) is 78.4 Å². The molecule has 2 aromatic rings. The van der Waals surface area contributed by atoms with Crippen LogP contribution in [0.15, 0.2) is 48.5 Å². The smallest absolute Gasteiger partial charge is 0.337 e. The van der Waals surface area contributed by atoms with Gasteiger partial charge in [-0.25, -0.2) is 9.59 Å². The van der Waals surface area contributed by atoms with E-state index in [2.05, 4.69) is 16.6 Å². The number of hydrogen-bond acceptors (Lipinski definition) is 2. The largest absolute Gasteiger partial charge is 0.478 e. The van der Waals surface area contributed by atoms with Gasteiger partial charge in [-0.15, -0.1) is 6.42 Å². The molecule has 2 aromatic carbocycles. The second-order valence-corrected chi connectivity index (χ2v) is 4.16. The van der Waals surface area contributed by atoms with Gasteiger partial charge < -0.3 is 15.7 Å². The number of carboxylic acid groups (broad SMARTS) is 1. The lowest BCUT2D eigenvalue weighted by molar-refractivity contribution is 0.0698. The van der Waals surface area contributed by atoms with Gasteiger partial charge >= 0.3 is 12.0 Å². The molecule has 0 aliphatic rings. The fourth-order valence-corrected chi connectivity index (χ4v) is 1.75. The van der Waals surface area contributed by atoms with E-state index in [4.69, 9.17) is 11.5 Å². The lowest BCUT2D eigenvalue weighted by Crippen LogP contribution is -2.21. The van der Waals surface area contributed by atoms with Gasteiger partial charge in [-0.1, -0.05) is 24.1 Å². The summed E-state index contributed by atoms with van der Waals surface area (Å²) in [5, 5.41) is 14.1. The molecule has 21 heavy (non-hydrogen) atoms. The van der Waals surface area contributed by atoms with Crippen molar-refractivity contribution in [2.24, 2.45) is 0 Å². The number of para-hydroxylation sites is 1. The predicted molar refractivity (Wildman–Crippen MR) is 80.4 cm³/mol. The highest BCUT2D eigenvalue weighted by Gasteiger charge is 2.11. The van der Waals surface area contributed by atoms with Crippen molar-refractivity contribution in [1.29, 1.82) is 0 Å². The second-order valence-electron chi connectivity index (χ2n) is 4.16. The number of benzene rings is 2. The van der Waals surface area contributed by atoms with E-state index < -0.39 is 12.0 Å². The van der Waals surface area contributed by atoms with Crippen LogP contribution < -0.4 is 10.6 Å². The number of carboxylic acids is 1. The Hall–Kier alpha value is -3.26. The molecule has 5 heteroatoms. The Bertz CT molecular complexity index is 732. The molecule has 0 spiro atoms. The van der Waals surface area contributed by atoms with Crippen LogP contribution in [0.1, 0.15) is 15.9 Å². The highest BCUT2D eigenvalue weighted by Crippen LogP contribution is 2.16. The van der Waals surface area contributed by atoms with Crippen molar-refractivity contribution in [1.82, 2.24) is 0 Å². The molecule has 0 saturated heterocycles. The monoisotopic (exact) mass is 280 g/mol.